The van der Waals surface area contributed by atoms with E-state index in [0.29, 0.717) is 0 Å². The maximum atomic E-state index is 13.4. The fraction of sp³-hybridized carbons (Fsp3) is 0.924. The highest BCUT2D eigenvalue weighted by Gasteiger charge is 2.64. The summed E-state index contributed by atoms with van der Waals surface area (Å²) in [7, 11) is 0. The minimum Gasteiger partial charge on any atom is -0.477 e. The molecule has 63 nitrogen and oxygen atoms in total. The fourth-order valence-electron chi connectivity index (χ4n) is 18.3. The zero-order chi connectivity index (χ0) is 105. The number of aliphatic hydroxyl groups is 30. The van der Waals surface area contributed by atoms with Gasteiger partial charge < -0.3 is 284 Å². The topological polar surface area (TPSA) is 984 Å². The summed E-state index contributed by atoms with van der Waals surface area (Å²) in [6.07, 6.45) is -109. The van der Waals surface area contributed by atoms with E-state index in [4.69, 9.17) is 99.5 Å². The van der Waals surface area contributed by atoms with Crippen molar-refractivity contribution < 1.29 is 287 Å². The van der Waals surface area contributed by atoms with E-state index in [1.54, 1.807) is 0 Å². The standard InChI is InChI=1S/C79H131N5O58/c1-18-40(99)51(110)56(115)72(125-18)122-16-34-63(47(106)36(68(119)126-34)81-20(3)93)135-69-37(82-21(4)94)48(107)62(31(14-91)130-69)138-75-59(118)65(139-77-67(55(114)44(103)28(11-88)129-77)141-71-39(84-23(6)96)50(109)60(29(12-89)132-71)136-73-57(116)52(111)42(101)26(9-86)127-73)46(105)32(133-75)15-123-76-66(54(113)43(102)27(10-87)128-76)140-70-38(83-22(5)95)49(108)61(30(13-90)131-70)137-74-58(117)53(112)45(104)33(134-74)17-124-79(78(120)121)7-24(97)35(80-19(2)92)64(142-79)41(100)25(98)8-85/h18,24-77,85-91,97-119H,7-17H2,1-6H3,(H,80,92)(H,81,93)(H,82,94)(H,83,95)(H,84,96)(H,120,121)/t18-,24+,25-,26-,27-,28-,29-,30-,31-,32-,33-,34-,35-,36-,37-,38-,39-,40+,41-,42+,43-,44-,45+,46-,47-,48-,49-,50-,51+,52+,53+,54+,55+,56-,57-,58-,59+,60-,61-,62-,63-,64-,65+,66+,67+,68-,69+,70+,71+,72+,73+,74+,75+,76+,77-,79-/m1/s1. The van der Waals surface area contributed by atoms with Crippen LogP contribution in [0.5, 0.6) is 0 Å². The predicted octanol–water partition coefficient (Wildman–Crippen LogP) is -24.0. The van der Waals surface area contributed by atoms with E-state index < -0.39 is 451 Å². The van der Waals surface area contributed by atoms with Crippen molar-refractivity contribution in [3.8, 4) is 0 Å². The maximum absolute atomic E-state index is 13.4. The third-order valence-corrected chi connectivity index (χ3v) is 25.9. The normalized spacial score (nSPS) is 48.0. The molecule has 0 bridgehead atoms. The van der Waals surface area contributed by atoms with Crippen molar-refractivity contribution in [2.75, 3.05) is 66.1 Å². The van der Waals surface area contributed by atoms with Crippen LogP contribution in [0.25, 0.3) is 0 Å². The summed E-state index contributed by atoms with van der Waals surface area (Å²) >= 11 is 0. The lowest BCUT2D eigenvalue weighted by molar-refractivity contribution is -0.399. The SMILES string of the molecule is CC(=O)N[C@@H]1[C@@H](O)[C@H](O[C@@H]2O[C@H](CO)[C@@H](O[C@@H]3O[C@H](CO[C@H]4O[C@H](CO)[C@@H](O)[C@H](O)[C@@H]4O[C@@H]4O[C@H](CO)[C@@H](O[C@@H]5O[C@H](CO[C@]6(C(=O)O)C[C@H](O)[C@@H](NC(C)=O)[C@H]([C@H](O)[C@H](O)CO)O6)[C@H](O)[C@H](O)[C@H]5O)[C@H](O)[C@H]4NC(C)=O)[C@@H](O)[C@H](O[C@H]4O[C@H](CO)[C@@H](O)[C@H](O)[C@@H]4O[C@@H]4O[C@H](CO)[C@@H](O[C@@H]5O[C@H](CO)[C@H](O)[C@H](O)[C@H]5O)[C@H](O)[C@H]4NC(C)=O)[C@@H]3O)[C@H](O)[C@H]2NC(C)=O)[C@@H](CO[C@H]2O[C@H](C)[C@H](O)[C@H](O)[C@H]2O)O[C@H]1O. The third-order valence-electron chi connectivity index (χ3n) is 25.9. The predicted molar refractivity (Wildman–Crippen MR) is 436 cm³/mol. The second-order valence-electron chi connectivity index (χ2n) is 36.0. The number of hydrogen-bond donors (Lipinski definition) is 36. The van der Waals surface area contributed by atoms with Gasteiger partial charge in [0.05, 0.1) is 84.3 Å². The maximum Gasteiger partial charge on any atom is 0.364 e. The number of rotatable bonds is 38. The average Bonchev–Trinajstić information content (AvgIpc) is 0.757. The Morgan fingerprint density at radius 3 is 1.05 bits per heavy atom. The Balaban J connectivity index is 0.902. The van der Waals surface area contributed by atoms with Crippen molar-refractivity contribution in [1.82, 2.24) is 26.6 Å². The molecule has 820 valence electrons. The second kappa shape index (κ2) is 50.6. The highest BCUT2D eigenvalue weighted by atomic mass is 16.8. The lowest BCUT2D eigenvalue weighted by Gasteiger charge is -2.51. The fourth-order valence-corrected chi connectivity index (χ4v) is 18.3. The summed E-state index contributed by atoms with van der Waals surface area (Å²) in [4.78, 5) is 77.5. The Kier molecular flexibility index (Phi) is 41.7. The van der Waals surface area contributed by atoms with E-state index in [2.05, 4.69) is 26.6 Å². The van der Waals surface area contributed by atoms with Gasteiger partial charge in [-0.2, -0.15) is 0 Å². The molecule has 11 rings (SSSR count). The van der Waals surface area contributed by atoms with Gasteiger partial charge in [0, 0.05) is 41.0 Å². The lowest BCUT2D eigenvalue weighted by atomic mass is 9.88. The molecule has 0 spiro atoms. The Morgan fingerprint density at radius 2 is 0.620 bits per heavy atom. The van der Waals surface area contributed by atoms with Crippen LogP contribution in [0, 0.1) is 0 Å². The van der Waals surface area contributed by atoms with E-state index in [1.165, 1.54) is 6.92 Å². The van der Waals surface area contributed by atoms with Gasteiger partial charge in [-0.3, -0.25) is 24.0 Å². The van der Waals surface area contributed by atoms with Gasteiger partial charge in [-0.1, -0.05) is 0 Å². The molecule has 63 heteroatoms. The van der Waals surface area contributed by atoms with E-state index in [0.717, 1.165) is 34.6 Å². The molecule has 36 N–H and O–H groups in total. The van der Waals surface area contributed by atoms with Gasteiger partial charge in [-0.25, -0.2) is 4.79 Å². The summed E-state index contributed by atoms with van der Waals surface area (Å²) < 4.78 is 125. The highest BCUT2D eigenvalue weighted by molar-refractivity contribution is 5.77. The van der Waals surface area contributed by atoms with Gasteiger partial charge in [-0.05, 0) is 6.92 Å². The van der Waals surface area contributed by atoms with Crippen LogP contribution < -0.4 is 26.6 Å². The van der Waals surface area contributed by atoms with Crippen molar-refractivity contribution in [1.29, 1.82) is 0 Å². The molecule has 0 radical (unpaired) electrons. The quantitative estimate of drug-likeness (QED) is 0.0273. The Labute approximate surface area is 803 Å². The zero-order valence-electron chi connectivity index (χ0n) is 76.4. The van der Waals surface area contributed by atoms with Gasteiger partial charge in [0.15, 0.2) is 62.9 Å². The minimum absolute atomic E-state index is 0.856. The number of nitrogens with one attached hydrogen (secondary N) is 5. The summed E-state index contributed by atoms with van der Waals surface area (Å²) in [5, 5.41) is 360. The van der Waals surface area contributed by atoms with Crippen LogP contribution in [0.4, 0.5) is 0 Å². The Morgan fingerprint density at radius 1 is 0.303 bits per heavy atom. The van der Waals surface area contributed by atoms with Gasteiger partial charge in [-0.15, -0.1) is 0 Å². The van der Waals surface area contributed by atoms with E-state index in [-0.39, 0.29) is 0 Å². The van der Waals surface area contributed by atoms with Gasteiger partial charge in [0.1, 0.15) is 256 Å². The van der Waals surface area contributed by atoms with Gasteiger partial charge in [0.2, 0.25) is 29.5 Å². The van der Waals surface area contributed by atoms with Crippen LogP contribution in [0.15, 0.2) is 0 Å². The molecular weight excluding hydrogens is 1950 g/mol. The molecule has 5 amide bonds. The van der Waals surface area contributed by atoms with Crippen LogP contribution in [0.3, 0.4) is 0 Å². The highest BCUT2D eigenvalue weighted by Crippen LogP contribution is 2.43. The van der Waals surface area contributed by atoms with Gasteiger partial charge >= 0.3 is 5.97 Å². The summed E-state index contributed by atoms with van der Waals surface area (Å²) in [5.41, 5.74) is 0. The lowest BCUT2D eigenvalue weighted by Crippen LogP contribution is -2.71. The van der Waals surface area contributed by atoms with E-state index in [9.17, 15) is 187 Å². The molecule has 11 heterocycles. The molecule has 56 atom stereocenters. The number of aliphatic carboxylic acids is 1. The first kappa shape index (κ1) is 117. The van der Waals surface area contributed by atoms with Crippen molar-refractivity contribution in [2.24, 2.45) is 0 Å². The first-order valence-corrected chi connectivity index (χ1v) is 45.1. The molecule has 11 aliphatic rings. The van der Waals surface area contributed by atoms with Gasteiger partial charge in [0.25, 0.3) is 5.79 Å². The summed E-state index contributed by atoms with van der Waals surface area (Å²) in [6.45, 7) is -5.99. The summed E-state index contributed by atoms with van der Waals surface area (Å²) in [6, 6.07) is -9.69. The van der Waals surface area contributed by atoms with Crippen LogP contribution >= 0.6 is 0 Å². The number of aliphatic hydroxyl groups excluding tert-OH is 30. The van der Waals surface area contributed by atoms with Crippen molar-refractivity contribution in [2.45, 2.75) is 391 Å². The number of amides is 5. The third kappa shape index (κ3) is 26.0. The monoisotopic (exact) mass is 2080 g/mol. The summed E-state index contributed by atoms with van der Waals surface area (Å²) in [5.74, 6) is -9.99. The minimum atomic E-state index is -3.11. The Hall–Kier alpha value is -5.22. The van der Waals surface area contributed by atoms with Crippen LogP contribution in [0.1, 0.15) is 48.0 Å². The van der Waals surface area contributed by atoms with Crippen LogP contribution in [-0.4, -0.2) is 603 Å². The number of carbonyl (C=O) groups excluding carboxylic acids is 5. The molecule has 11 aliphatic heterocycles. The Bertz CT molecular complexity index is 4010. The molecule has 11 saturated heterocycles. The molecule has 11 fully saturated rings. The number of ether oxygens (including phenoxy) is 21. The first-order valence-electron chi connectivity index (χ1n) is 45.1. The number of carboxylic acid groups (broad SMARTS) is 1. The molecule has 0 aromatic rings. The van der Waals surface area contributed by atoms with Crippen LogP contribution in [-0.2, 0) is 128 Å². The van der Waals surface area contributed by atoms with Crippen molar-refractivity contribution >= 4 is 35.5 Å². The molecule has 0 aromatic heterocycles. The largest absolute Gasteiger partial charge is 0.477 e. The van der Waals surface area contributed by atoms with E-state index >= 15 is 0 Å². The zero-order valence-corrected chi connectivity index (χ0v) is 76.4. The second-order valence-corrected chi connectivity index (χ2v) is 36.0. The molecule has 0 saturated carbocycles. The molecule has 0 aliphatic carbocycles. The van der Waals surface area contributed by atoms with E-state index in [1.807, 2.05) is 0 Å². The first-order chi connectivity index (χ1) is 66.9. The van der Waals surface area contributed by atoms with Crippen molar-refractivity contribution in [3.05, 3.63) is 0 Å². The number of carbonyl (C=O) groups is 6. The smallest absolute Gasteiger partial charge is 0.364 e. The van der Waals surface area contributed by atoms with Crippen LogP contribution in [0.2, 0.25) is 0 Å². The molecule has 142 heavy (non-hydrogen) atoms. The number of carboxylic acids is 1. The number of hydrogen-bond acceptors (Lipinski definition) is 57. The molecular formula is C79H131N5O58. The average molecular weight is 2080 g/mol. The molecule has 0 unspecified atom stereocenters. The van der Waals surface area contributed by atoms with Crippen molar-refractivity contribution in [3.63, 3.8) is 0 Å². The molecule has 0 aromatic carbocycles.